The molecule has 0 radical (unpaired) electrons. The fraction of sp³-hybridized carbons (Fsp3) is 0.706. The summed E-state index contributed by atoms with van der Waals surface area (Å²) in [7, 11) is 3.79. The average molecular weight is 333 g/mol. The molecule has 3 heterocycles. The minimum absolute atomic E-state index is 0.0291. The molecular formula is C17H27N5O2. The number of likely N-dealkylation sites (N-methyl/N-ethyl adjacent to an activating group) is 1. The zero-order valence-corrected chi connectivity index (χ0v) is 15.2. The number of aromatic nitrogens is 2. The number of nitrogens with one attached hydrogen (secondary N) is 1. The molecule has 7 nitrogen and oxygen atoms in total. The van der Waals surface area contributed by atoms with Crippen LogP contribution in [0.2, 0.25) is 0 Å². The van der Waals surface area contributed by atoms with Crippen LogP contribution < -0.4 is 5.32 Å². The van der Waals surface area contributed by atoms with Gasteiger partial charge in [0.05, 0.1) is 11.7 Å². The summed E-state index contributed by atoms with van der Waals surface area (Å²) in [5, 5.41) is 7.24. The van der Waals surface area contributed by atoms with Gasteiger partial charge < -0.3 is 10.2 Å². The van der Waals surface area contributed by atoms with Crippen molar-refractivity contribution in [3.63, 3.8) is 0 Å². The predicted octanol–water partition coefficient (Wildman–Crippen LogP) is 0.399. The van der Waals surface area contributed by atoms with Crippen LogP contribution in [-0.2, 0) is 11.8 Å². The zero-order chi connectivity index (χ0) is 17.6. The molecule has 2 aliphatic heterocycles. The van der Waals surface area contributed by atoms with Gasteiger partial charge >= 0.3 is 0 Å². The van der Waals surface area contributed by atoms with Gasteiger partial charge in [-0.15, -0.1) is 0 Å². The number of nitrogens with zero attached hydrogens (tertiary/aromatic N) is 4. The van der Waals surface area contributed by atoms with Crippen molar-refractivity contribution in [1.82, 2.24) is 24.9 Å². The molecule has 24 heavy (non-hydrogen) atoms. The lowest BCUT2D eigenvalue weighted by molar-refractivity contribution is -0.125. The minimum atomic E-state index is -0.0939. The second kappa shape index (κ2) is 5.88. The van der Waals surface area contributed by atoms with Crippen LogP contribution in [0.15, 0.2) is 6.07 Å². The molecule has 2 amide bonds. The van der Waals surface area contributed by atoms with Crippen molar-refractivity contribution >= 4 is 11.8 Å². The molecule has 0 aliphatic carbocycles. The number of hydrogen-bond acceptors (Lipinski definition) is 4. The fourth-order valence-electron chi connectivity index (χ4n) is 4.05. The Morgan fingerprint density at radius 1 is 1.29 bits per heavy atom. The third-order valence-corrected chi connectivity index (χ3v) is 5.04. The second-order valence-corrected chi connectivity index (χ2v) is 7.75. The summed E-state index contributed by atoms with van der Waals surface area (Å²) in [6.07, 6.45) is 0.816. The summed E-state index contributed by atoms with van der Waals surface area (Å²) < 4.78 is 1.64. The standard InChI is InChI=1S/C17H27N5O2/c1-11(2)18-15(23)14-7-17(8-20(14)4)9-22(10-17)16(24)13-6-12(3)19-21(13)5/h6,11,14H,7-10H2,1-5H3,(H,18,23). The number of rotatable bonds is 3. The van der Waals surface area contributed by atoms with Gasteiger partial charge in [-0.3, -0.25) is 19.2 Å². The molecule has 1 atom stereocenters. The number of likely N-dealkylation sites (tertiary alicyclic amines) is 2. The fourth-order valence-corrected chi connectivity index (χ4v) is 4.05. The monoisotopic (exact) mass is 333 g/mol. The second-order valence-electron chi connectivity index (χ2n) is 7.75. The molecule has 2 aliphatic rings. The van der Waals surface area contributed by atoms with Crippen LogP contribution in [0.4, 0.5) is 0 Å². The maximum absolute atomic E-state index is 12.6. The van der Waals surface area contributed by atoms with Gasteiger partial charge in [-0.05, 0) is 40.3 Å². The SMILES string of the molecule is Cc1cc(C(=O)N2CC3(CC(C(=O)NC(C)C)N(C)C3)C2)n(C)n1. The van der Waals surface area contributed by atoms with Gasteiger partial charge in [0, 0.05) is 38.1 Å². The molecule has 132 valence electrons. The Kier molecular flexibility index (Phi) is 4.15. The lowest BCUT2D eigenvalue weighted by Gasteiger charge is -2.48. The highest BCUT2D eigenvalue weighted by atomic mass is 16.2. The number of hydrogen-bond donors (Lipinski definition) is 1. The van der Waals surface area contributed by atoms with E-state index in [9.17, 15) is 9.59 Å². The Morgan fingerprint density at radius 3 is 2.50 bits per heavy atom. The van der Waals surface area contributed by atoms with Crippen LogP contribution in [0.3, 0.4) is 0 Å². The molecule has 1 aromatic rings. The van der Waals surface area contributed by atoms with Crippen molar-refractivity contribution in [2.75, 3.05) is 26.7 Å². The van der Waals surface area contributed by atoms with Gasteiger partial charge in [-0.1, -0.05) is 0 Å². The quantitative estimate of drug-likeness (QED) is 0.869. The van der Waals surface area contributed by atoms with Crippen molar-refractivity contribution in [3.05, 3.63) is 17.5 Å². The molecule has 1 N–H and O–H groups in total. The Hall–Kier alpha value is -1.89. The molecule has 7 heteroatoms. The summed E-state index contributed by atoms with van der Waals surface area (Å²) in [4.78, 5) is 28.9. The van der Waals surface area contributed by atoms with E-state index >= 15 is 0 Å². The first-order chi connectivity index (χ1) is 11.2. The molecular weight excluding hydrogens is 306 g/mol. The van der Waals surface area contributed by atoms with Gasteiger partial charge in [0.1, 0.15) is 5.69 Å². The van der Waals surface area contributed by atoms with E-state index in [-0.39, 0.29) is 29.3 Å². The van der Waals surface area contributed by atoms with Gasteiger partial charge in [-0.2, -0.15) is 5.10 Å². The first-order valence-corrected chi connectivity index (χ1v) is 8.51. The van der Waals surface area contributed by atoms with Crippen LogP contribution in [0.1, 0.15) is 36.5 Å². The van der Waals surface area contributed by atoms with E-state index in [0.29, 0.717) is 18.8 Å². The van der Waals surface area contributed by atoms with Gasteiger partial charge in [0.15, 0.2) is 0 Å². The highest BCUT2D eigenvalue weighted by Gasteiger charge is 2.53. The van der Waals surface area contributed by atoms with Crippen molar-refractivity contribution < 1.29 is 9.59 Å². The van der Waals surface area contributed by atoms with E-state index in [1.165, 1.54) is 0 Å². The Balaban J connectivity index is 1.62. The molecule has 0 aromatic carbocycles. The summed E-state index contributed by atoms with van der Waals surface area (Å²) in [6, 6.07) is 1.88. The van der Waals surface area contributed by atoms with E-state index in [2.05, 4.69) is 15.3 Å². The topological polar surface area (TPSA) is 70.5 Å². The van der Waals surface area contributed by atoms with Crippen molar-refractivity contribution in [1.29, 1.82) is 0 Å². The largest absolute Gasteiger partial charge is 0.353 e. The summed E-state index contributed by atoms with van der Waals surface area (Å²) >= 11 is 0. The average Bonchev–Trinajstić information content (AvgIpc) is 2.95. The zero-order valence-electron chi connectivity index (χ0n) is 15.2. The van der Waals surface area contributed by atoms with Crippen LogP contribution >= 0.6 is 0 Å². The third-order valence-electron chi connectivity index (χ3n) is 5.04. The summed E-state index contributed by atoms with van der Waals surface area (Å²) in [5.41, 5.74) is 1.53. The summed E-state index contributed by atoms with van der Waals surface area (Å²) in [5.74, 6) is 0.123. The highest BCUT2D eigenvalue weighted by Crippen LogP contribution is 2.42. The Bertz CT molecular complexity index is 660. The lowest BCUT2D eigenvalue weighted by Crippen LogP contribution is -2.59. The van der Waals surface area contributed by atoms with Crippen LogP contribution in [0.25, 0.3) is 0 Å². The normalized spacial score (nSPS) is 22.9. The smallest absolute Gasteiger partial charge is 0.272 e. The van der Waals surface area contributed by atoms with E-state index in [1.54, 1.807) is 11.7 Å². The predicted molar refractivity (Wildman–Crippen MR) is 90.6 cm³/mol. The lowest BCUT2D eigenvalue weighted by atomic mass is 9.77. The molecule has 3 rings (SSSR count). The Morgan fingerprint density at radius 2 is 1.96 bits per heavy atom. The van der Waals surface area contributed by atoms with E-state index in [1.807, 2.05) is 38.8 Å². The molecule has 0 saturated carbocycles. The molecule has 2 fully saturated rings. The van der Waals surface area contributed by atoms with Gasteiger partial charge in [-0.25, -0.2) is 0 Å². The Labute approximate surface area is 143 Å². The maximum atomic E-state index is 12.6. The van der Waals surface area contributed by atoms with Gasteiger partial charge in [0.25, 0.3) is 5.91 Å². The van der Waals surface area contributed by atoms with Crippen LogP contribution in [0, 0.1) is 12.3 Å². The van der Waals surface area contributed by atoms with Crippen molar-refractivity contribution in [2.24, 2.45) is 12.5 Å². The molecule has 1 aromatic heterocycles. The van der Waals surface area contributed by atoms with E-state index in [4.69, 9.17) is 0 Å². The number of carbonyl (C=O) groups is 2. The maximum Gasteiger partial charge on any atom is 0.272 e. The van der Waals surface area contributed by atoms with E-state index < -0.39 is 0 Å². The third kappa shape index (κ3) is 2.92. The van der Waals surface area contributed by atoms with Crippen molar-refractivity contribution in [2.45, 2.75) is 39.3 Å². The number of carbonyl (C=O) groups excluding carboxylic acids is 2. The van der Waals surface area contributed by atoms with Gasteiger partial charge in [0.2, 0.25) is 5.91 Å². The number of aryl methyl sites for hydroxylation is 2. The minimum Gasteiger partial charge on any atom is -0.353 e. The van der Waals surface area contributed by atoms with Crippen LogP contribution in [0.5, 0.6) is 0 Å². The first-order valence-electron chi connectivity index (χ1n) is 8.51. The molecule has 0 bridgehead atoms. The van der Waals surface area contributed by atoms with E-state index in [0.717, 1.165) is 18.7 Å². The molecule has 1 spiro atoms. The molecule has 1 unspecified atom stereocenters. The summed E-state index contributed by atoms with van der Waals surface area (Å²) in [6.45, 7) is 8.12. The molecule has 2 saturated heterocycles. The first kappa shape index (κ1) is 17.0. The van der Waals surface area contributed by atoms with Crippen LogP contribution in [-0.4, -0.2) is 70.2 Å². The highest BCUT2D eigenvalue weighted by molar-refractivity contribution is 5.93. The van der Waals surface area contributed by atoms with Crippen molar-refractivity contribution in [3.8, 4) is 0 Å². The number of amides is 2.